The molecule has 0 amide bonds. The van der Waals surface area contributed by atoms with Crippen LogP contribution in [0.15, 0.2) is 35.4 Å². The molecule has 2 heterocycles. The predicted octanol–water partition coefficient (Wildman–Crippen LogP) is 2.38. The van der Waals surface area contributed by atoms with Crippen LogP contribution in [-0.2, 0) is 21.2 Å². The van der Waals surface area contributed by atoms with Crippen molar-refractivity contribution in [2.75, 3.05) is 43.5 Å². The molecular formula is C25H34N6O4S. The number of benzene rings is 1. The number of morpholine rings is 1. The number of hydrogen-bond acceptors (Lipinski definition) is 9. The first-order valence-electron chi connectivity index (χ1n) is 12.3. The molecular weight excluding hydrogens is 480 g/mol. The summed E-state index contributed by atoms with van der Waals surface area (Å²) in [5, 5.41) is 26.3. The number of rotatable bonds is 8. The molecule has 1 aromatic carbocycles. The van der Waals surface area contributed by atoms with Crippen molar-refractivity contribution in [1.29, 1.82) is 5.26 Å². The van der Waals surface area contributed by atoms with Gasteiger partial charge in [0.25, 0.3) is 0 Å². The molecule has 2 aliphatic rings. The molecule has 1 saturated carbocycles. The van der Waals surface area contributed by atoms with Crippen LogP contribution in [0.1, 0.15) is 44.2 Å². The largest absolute Gasteiger partial charge is 0.393 e. The summed E-state index contributed by atoms with van der Waals surface area (Å²) in [6.45, 7) is 6.22. The molecule has 2 aromatic rings. The van der Waals surface area contributed by atoms with Gasteiger partial charge in [-0.1, -0.05) is 26.0 Å². The summed E-state index contributed by atoms with van der Waals surface area (Å²) in [7, 11) is -3.51. The zero-order valence-corrected chi connectivity index (χ0v) is 21.6. The average Bonchev–Trinajstić information content (AvgIpc) is 2.87. The van der Waals surface area contributed by atoms with Crippen LogP contribution in [0, 0.1) is 16.7 Å². The lowest BCUT2D eigenvalue weighted by atomic mass is 9.73. The maximum Gasteiger partial charge on any atom is 0.243 e. The van der Waals surface area contributed by atoms with Gasteiger partial charge in [0.1, 0.15) is 17.5 Å². The van der Waals surface area contributed by atoms with Gasteiger partial charge in [0, 0.05) is 25.7 Å². The Morgan fingerprint density at radius 1 is 1.22 bits per heavy atom. The lowest BCUT2D eigenvalue weighted by Crippen LogP contribution is -2.41. The van der Waals surface area contributed by atoms with Crippen molar-refractivity contribution in [2.24, 2.45) is 5.41 Å². The Hall–Kier alpha value is -2.78. The third-order valence-corrected chi connectivity index (χ3v) is 8.85. The Labute approximate surface area is 212 Å². The number of hydrogen-bond donors (Lipinski definition) is 3. The second-order valence-corrected chi connectivity index (χ2v) is 12.0. The number of aromatic nitrogens is 2. The lowest BCUT2D eigenvalue weighted by molar-refractivity contribution is 0.00926. The van der Waals surface area contributed by atoms with Crippen molar-refractivity contribution < 1.29 is 18.3 Å². The van der Waals surface area contributed by atoms with E-state index in [0.717, 1.165) is 18.4 Å². The summed E-state index contributed by atoms with van der Waals surface area (Å²) in [4.78, 5) is 9.06. The first kappa shape index (κ1) is 26.3. The van der Waals surface area contributed by atoms with Gasteiger partial charge in [-0.05, 0) is 48.8 Å². The van der Waals surface area contributed by atoms with Crippen molar-refractivity contribution >= 4 is 21.8 Å². The third kappa shape index (κ3) is 6.13. The number of ether oxygens (including phenoxy) is 1. The van der Waals surface area contributed by atoms with E-state index >= 15 is 0 Å². The van der Waals surface area contributed by atoms with Crippen LogP contribution < -0.4 is 10.6 Å². The normalized spacial score (nSPS) is 22.5. The first-order valence-corrected chi connectivity index (χ1v) is 13.8. The van der Waals surface area contributed by atoms with Crippen molar-refractivity contribution in [3.05, 3.63) is 41.6 Å². The first-order chi connectivity index (χ1) is 17.2. The molecule has 2 atom stereocenters. The molecule has 0 unspecified atom stereocenters. The Bertz CT molecular complexity index is 1190. The minimum atomic E-state index is -3.51. The fourth-order valence-corrected chi connectivity index (χ4v) is 6.09. The van der Waals surface area contributed by atoms with Crippen LogP contribution >= 0.6 is 0 Å². The SMILES string of the molecule is CC1(C)C[C@H](Nc2nc(NCCc3ccc(S(=O)(=O)N4CCOCC4)cc3)ncc2C#N)CC[C@@H]1O. The van der Waals surface area contributed by atoms with Crippen molar-refractivity contribution in [1.82, 2.24) is 14.3 Å². The number of anilines is 2. The highest BCUT2D eigenvalue weighted by molar-refractivity contribution is 7.89. The van der Waals surface area contributed by atoms with Gasteiger partial charge in [-0.15, -0.1) is 0 Å². The molecule has 2 fully saturated rings. The van der Waals surface area contributed by atoms with Gasteiger partial charge in [0.15, 0.2) is 0 Å². The summed E-state index contributed by atoms with van der Waals surface area (Å²) in [6, 6.07) is 9.18. The maximum atomic E-state index is 12.8. The van der Waals surface area contributed by atoms with E-state index < -0.39 is 10.0 Å². The molecule has 1 aliphatic carbocycles. The molecule has 1 aromatic heterocycles. The molecule has 1 aliphatic heterocycles. The van der Waals surface area contributed by atoms with Crippen LogP contribution in [-0.4, -0.2) is 72.8 Å². The summed E-state index contributed by atoms with van der Waals surface area (Å²) < 4.78 is 32.3. The van der Waals surface area contributed by atoms with Gasteiger partial charge in [0.2, 0.25) is 16.0 Å². The second-order valence-electron chi connectivity index (χ2n) is 10.0. The molecule has 10 nitrogen and oxygen atoms in total. The highest BCUT2D eigenvalue weighted by atomic mass is 32.2. The topological polar surface area (TPSA) is 140 Å². The fraction of sp³-hybridized carbons (Fsp3) is 0.560. The number of aliphatic hydroxyl groups excluding tert-OH is 1. The number of nitrogens with one attached hydrogen (secondary N) is 2. The Kier molecular flexibility index (Phi) is 8.10. The highest BCUT2D eigenvalue weighted by Gasteiger charge is 2.36. The average molecular weight is 515 g/mol. The van der Waals surface area contributed by atoms with E-state index in [1.165, 1.54) is 10.5 Å². The van der Waals surface area contributed by atoms with Gasteiger partial charge in [-0.3, -0.25) is 0 Å². The van der Waals surface area contributed by atoms with E-state index in [4.69, 9.17) is 4.74 Å². The van der Waals surface area contributed by atoms with Gasteiger partial charge in [0.05, 0.1) is 30.4 Å². The van der Waals surface area contributed by atoms with Crippen molar-refractivity contribution in [2.45, 2.75) is 56.6 Å². The van der Waals surface area contributed by atoms with Crippen LogP contribution in [0.3, 0.4) is 0 Å². The summed E-state index contributed by atoms with van der Waals surface area (Å²) in [5.74, 6) is 0.906. The van der Waals surface area contributed by atoms with E-state index in [1.807, 2.05) is 26.0 Å². The summed E-state index contributed by atoms with van der Waals surface area (Å²) in [6.07, 6.45) is 4.12. The van der Waals surface area contributed by atoms with Crippen LogP contribution in [0.5, 0.6) is 0 Å². The smallest absolute Gasteiger partial charge is 0.243 e. The van der Waals surface area contributed by atoms with E-state index in [2.05, 4.69) is 26.7 Å². The zero-order chi connectivity index (χ0) is 25.8. The van der Waals surface area contributed by atoms with Gasteiger partial charge >= 0.3 is 0 Å². The third-order valence-electron chi connectivity index (χ3n) is 6.94. The molecule has 0 bridgehead atoms. The summed E-state index contributed by atoms with van der Waals surface area (Å²) >= 11 is 0. The zero-order valence-electron chi connectivity index (χ0n) is 20.8. The maximum absolute atomic E-state index is 12.8. The minimum Gasteiger partial charge on any atom is -0.393 e. The van der Waals surface area contributed by atoms with Gasteiger partial charge < -0.3 is 20.5 Å². The van der Waals surface area contributed by atoms with Crippen molar-refractivity contribution in [3.8, 4) is 6.07 Å². The Morgan fingerprint density at radius 2 is 1.94 bits per heavy atom. The number of nitriles is 1. The van der Waals surface area contributed by atoms with E-state index in [1.54, 1.807) is 12.1 Å². The monoisotopic (exact) mass is 514 g/mol. The summed E-state index contributed by atoms with van der Waals surface area (Å²) in [5.41, 5.74) is 1.16. The molecule has 36 heavy (non-hydrogen) atoms. The molecule has 1 saturated heterocycles. The van der Waals surface area contributed by atoms with E-state index in [9.17, 15) is 18.8 Å². The van der Waals surface area contributed by atoms with E-state index in [-0.39, 0.29) is 22.5 Å². The number of aliphatic hydroxyl groups is 1. The molecule has 4 rings (SSSR count). The fourth-order valence-electron chi connectivity index (χ4n) is 4.68. The Balaban J connectivity index is 1.34. The minimum absolute atomic E-state index is 0.116. The Morgan fingerprint density at radius 3 is 2.61 bits per heavy atom. The van der Waals surface area contributed by atoms with Gasteiger partial charge in [-0.25, -0.2) is 13.4 Å². The molecule has 194 valence electrons. The molecule has 0 spiro atoms. The quantitative estimate of drug-likeness (QED) is 0.484. The van der Waals surface area contributed by atoms with Crippen molar-refractivity contribution in [3.63, 3.8) is 0 Å². The van der Waals surface area contributed by atoms with Crippen LogP contribution in [0.2, 0.25) is 0 Å². The lowest BCUT2D eigenvalue weighted by Gasteiger charge is -2.40. The van der Waals surface area contributed by atoms with E-state index in [0.29, 0.717) is 63.0 Å². The van der Waals surface area contributed by atoms with Crippen LogP contribution in [0.25, 0.3) is 0 Å². The predicted molar refractivity (Wildman–Crippen MR) is 136 cm³/mol. The second kappa shape index (κ2) is 11.1. The van der Waals surface area contributed by atoms with Gasteiger partial charge in [-0.2, -0.15) is 14.6 Å². The highest BCUT2D eigenvalue weighted by Crippen LogP contribution is 2.37. The van der Waals surface area contributed by atoms with Crippen LogP contribution in [0.4, 0.5) is 11.8 Å². The molecule has 11 heteroatoms. The standard InChI is InChI=1S/C25H34N6O4S/c1-25(2)15-20(5-8-22(25)32)29-23-19(16-26)17-28-24(30-23)27-10-9-18-3-6-21(7-4-18)36(33,34)31-11-13-35-14-12-31/h3-4,6-7,17,20,22,32H,5,8-15H2,1-2H3,(H2,27,28,29,30)/t20-,22+/m1/s1. The molecule has 0 radical (unpaired) electrons. The number of sulfonamides is 1. The number of nitrogens with zero attached hydrogens (tertiary/aromatic N) is 4. The molecule has 3 N–H and O–H groups in total.